The Hall–Kier alpha value is -0.760. The average molecular weight is 621 g/mol. The van der Waals surface area contributed by atoms with Gasteiger partial charge in [-0.1, -0.05) is 0 Å². The molecule has 18 atom stereocenters. The van der Waals surface area contributed by atoms with Crippen molar-refractivity contribution < 1.29 is 94.1 Å². The Morgan fingerprint density at radius 2 is 0.952 bits per heavy atom. The summed E-state index contributed by atoms with van der Waals surface area (Å²) in [6, 6.07) is 0. The minimum atomic E-state index is -1.88. The predicted octanol–water partition coefficient (Wildman–Crippen LogP) is -7.82. The topological polar surface area (TPSA) is 296 Å². The van der Waals surface area contributed by atoms with Crippen LogP contribution < -0.4 is 0 Å². The Bertz CT molecular complexity index is 838. The minimum Gasteiger partial charge on any atom is -0.394 e. The zero-order chi connectivity index (χ0) is 30.9. The lowest BCUT2D eigenvalue weighted by atomic mass is 9.97. The van der Waals surface area contributed by atoms with Gasteiger partial charge in [0, 0.05) is 7.11 Å². The standard InChI is InChI=1S/C23H40O19/c1-35-20-15(31)11(27)8(4-36-20)41-23-18(34)19(13(29)7(3-25)39-23)42-21-16(32)12(28)9(5-37-21)40-22-17(33)14(30)10(26)6(2-24)38-22/h6-34H,2-5H2,1H3/t6-,7-,8-,9-,10-,11+,12+,13-,14+,15-,16-,17+,18+,19+,20-,21+,22+,23+/m1/s1. The molecule has 4 aliphatic rings. The van der Waals surface area contributed by atoms with Crippen molar-refractivity contribution in [3.05, 3.63) is 0 Å². The quantitative estimate of drug-likeness (QED) is 0.114. The van der Waals surface area contributed by atoms with Crippen molar-refractivity contribution in [2.24, 2.45) is 0 Å². The van der Waals surface area contributed by atoms with E-state index in [0.29, 0.717) is 0 Å². The first-order valence-electron chi connectivity index (χ1n) is 13.3. The van der Waals surface area contributed by atoms with E-state index in [1.165, 1.54) is 7.11 Å². The fourth-order valence-electron chi connectivity index (χ4n) is 5.11. The van der Waals surface area contributed by atoms with Crippen molar-refractivity contribution in [3.63, 3.8) is 0 Å². The lowest BCUT2D eigenvalue weighted by Crippen LogP contribution is -2.65. The van der Waals surface area contributed by atoms with Crippen LogP contribution in [-0.2, 0) is 37.9 Å². The molecule has 4 aliphatic heterocycles. The van der Waals surface area contributed by atoms with E-state index in [1.807, 2.05) is 0 Å². The largest absolute Gasteiger partial charge is 0.394 e. The van der Waals surface area contributed by atoms with Crippen molar-refractivity contribution in [1.29, 1.82) is 0 Å². The molecule has 246 valence electrons. The van der Waals surface area contributed by atoms with Crippen molar-refractivity contribution >= 4 is 0 Å². The molecule has 4 fully saturated rings. The Morgan fingerprint density at radius 3 is 1.48 bits per heavy atom. The molecular weight excluding hydrogens is 580 g/mol. The van der Waals surface area contributed by atoms with Crippen LogP contribution in [0.5, 0.6) is 0 Å². The molecule has 42 heavy (non-hydrogen) atoms. The van der Waals surface area contributed by atoms with Gasteiger partial charge in [-0.05, 0) is 0 Å². The van der Waals surface area contributed by atoms with Crippen molar-refractivity contribution in [1.82, 2.24) is 0 Å². The number of methoxy groups -OCH3 is 1. The lowest BCUT2D eigenvalue weighted by Gasteiger charge is -2.47. The maximum atomic E-state index is 10.9. The number of aliphatic hydroxyl groups is 11. The van der Waals surface area contributed by atoms with Crippen LogP contribution in [0.1, 0.15) is 0 Å². The van der Waals surface area contributed by atoms with Gasteiger partial charge in [0.15, 0.2) is 25.2 Å². The molecule has 4 rings (SSSR count). The van der Waals surface area contributed by atoms with E-state index >= 15 is 0 Å². The molecular formula is C23H40O19. The van der Waals surface area contributed by atoms with Crippen molar-refractivity contribution in [2.45, 2.75) is 111 Å². The van der Waals surface area contributed by atoms with Crippen LogP contribution in [0.4, 0.5) is 0 Å². The highest BCUT2D eigenvalue weighted by atomic mass is 16.8. The van der Waals surface area contributed by atoms with Gasteiger partial charge in [0.2, 0.25) is 0 Å². The van der Waals surface area contributed by atoms with Gasteiger partial charge in [0.05, 0.1) is 26.4 Å². The molecule has 0 radical (unpaired) electrons. The monoisotopic (exact) mass is 620 g/mol. The van der Waals surface area contributed by atoms with Crippen LogP contribution >= 0.6 is 0 Å². The molecule has 19 nitrogen and oxygen atoms in total. The smallest absolute Gasteiger partial charge is 0.187 e. The van der Waals surface area contributed by atoms with E-state index in [4.69, 9.17) is 37.9 Å². The third kappa shape index (κ3) is 6.89. The molecule has 0 bridgehead atoms. The zero-order valence-electron chi connectivity index (χ0n) is 22.4. The molecule has 4 heterocycles. The fourth-order valence-corrected chi connectivity index (χ4v) is 5.11. The van der Waals surface area contributed by atoms with Crippen LogP contribution in [0.25, 0.3) is 0 Å². The first-order chi connectivity index (χ1) is 19.9. The van der Waals surface area contributed by atoms with E-state index in [0.717, 1.165) is 0 Å². The molecule has 0 aromatic heterocycles. The molecule has 11 N–H and O–H groups in total. The summed E-state index contributed by atoms with van der Waals surface area (Å²) in [4.78, 5) is 0. The maximum absolute atomic E-state index is 10.9. The highest BCUT2D eigenvalue weighted by Crippen LogP contribution is 2.31. The van der Waals surface area contributed by atoms with Crippen molar-refractivity contribution in [2.75, 3.05) is 33.5 Å². The summed E-state index contributed by atoms with van der Waals surface area (Å²) in [6.07, 6.45) is -28.4. The SMILES string of the molecule is CO[C@@H]1OC[C@@H](O[C@@H]2O[C@H](CO)[C@@H](O)[C@H](O[C@@H]3OC[C@@H](O[C@@H]4O[C@H](CO)[C@@H](O)[C@H](O)[C@@H]4O)[C@H](O)[C@H]3O)[C@@H]2O)[C@H](O)[C@H]1O. The normalized spacial score (nSPS) is 52.3. The highest BCUT2D eigenvalue weighted by Gasteiger charge is 2.52. The third-order valence-corrected chi connectivity index (χ3v) is 7.68. The highest BCUT2D eigenvalue weighted by molar-refractivity contribution is 4.95. The molecule has 0 amide bonds. The van der Waals surface area contributed by atoms with Crippen LogP contribution in [0.3, 0.4) is 0 Å². The molecule has 19 heteroatoms. The molecule has 0 aromatic carbocycles. The summed E-state index contributed by atoms with van der Waals surface area (Å²) in [5.41, 5.74) is 0. The second-order valence-electron chi connectivity index (χ2n) is 10.5. The number of rotatable bonds is 9. The summed E-state index contributed by atoms with van der Waals surface area (Å²) in [5, 5.41) is 113. The summed E-state index contributed by atoms with van der Waals surface area (Å²) in [5.74, 6) is 0. The molecule has 0 saturated carbocycles. The van der Waals surface area contributed by atoms with Gasteiger partial charge >= 0.3 is 0 Å². The van der Waals surface area contributed by atoms with E-state index in [1.54, 1.807) is 0 Å². The Kier molecular flexibility index (Phi) is 11.8. The summed E-state index contributed by atoms with van der Waals surface area (Å²) in [7, 11) is 1.26. The molecule has 0 unspecified atom stereocenters. The van der Waals surface area contributed by atoms with Gasteiger partial charge in [-0.15, -0.1) is 0 Å². The number of hydrogen-bond acceptors (Lipinski definition) is 19. The van der Waals surface area contributed by atoms with Gasteiger partial charge in [-0.3, -0.25) is 0 Å². The Balaban J connectivity index is 1.39. The molecule has 0 aromatic rings. The third-order valence-electron chi connectivity index (χ3n) is 7.68. The molecule has 0 aliphatic carbocycles. The summed E-state index contributed by atoms with van der Waals surface area (Å²) in [6.45, 7) is -2.27. The predicted molar refractivity (Wildman–Crippen MR) is 127 cm³/mol. The van der Waals surface area contributed by atoms with Gasteiger partial charge in [-0.25, -0.2) is 0 Å². The van der Waals surface area contributed by atoms with E-state index in [9.17, 15) is 56.2 Å². The summed E-state index contributed by atoms with van der Waals surface area (Å²) >= 11 is 0. The number of aliphatic hydroxyl groups excluding tert-OH is 11. The van der Waals surface area contributed by atoms with Crippen LogP contribution in [0.15, 0.2) is 0 Å². The number of hydrogen-bond donors (Lipinski definition) is 11. The molecule has 0 spiro atoms. The Morgan fingerprint density at radius 1 is 0.500 bits per heavy atom. The van der Waals surface area contributed by atoms with Gasteiger partial charge in [0.1, 0.15) is 85.5 Å². The second-order valence-corrected chi connectivity index (χ2v) is 10.5. The van der Waals surface area contributed by atoms with E-state index < -0.39 is 130 Å². The zero-order valence-corrected chi connectivity index (χ0v) is 22.4. The van der Waals surface area contributed by atoms with Gasteiger partial charge in [-0.2, -0.15) is 0 Å². The van der Waals surface area contributed by atoms with Crippen LogP contribution in [-0.4, -0.2) is 200 Å². The summed E-state index contributed by atoms with van der Waals surface area (Å²) < 4.78 is 42.9. The first kappa shape index (κ1) is 34.1. The lowest BCUT2D eigenvalue weighted by molar-refractivity contribution is -0.374. The molecule has 4 saturated heterocycles. The fraction of sp³-hybridized carbons (Fsp3) is 1.00. The van der Waals surface area contributed by atoms with E-state index in [-0.39, 0.29) is 6.61 Å². The van der Waals surface area contributed by atoms with Crippen LogP contribution in [0, 0.1) is 0 Å². The van der Waals surface area contributed by atoms with Crippen LogP contribution in [0.2, 0.25) is 0 Å². The minimum absolute atomic E-state index is 0.284. The maximum Gasteiger partial charge on any atom is 0.187 e. The number of ether oxygens (including phenoxy) is 8. The van der Waals surface area contributed by atoms with E-state index in [2.05, 4.69) is 0 Å². The van der Waals surface area contributed by atoms with Gasteiger partial charge < -0.3 is 94.1 Å². The second kappa shape index (κ2) is 14.6. The first-order valence-corrected chi connectivity index (χ1v) is 13.3. The average Bonchev–Trinajstić information content (AvgIpc) is 2.98. The van der Waals surface area contributed by atoms with Crippen molar-refractivity contribution in [3.8, 4) is 0 Å². The Labute approximate surface area is 238 Å². The van der Waals surface area contributed by atoms with Gasteiger partial charge in [0.25, 0.3) is 0 Å².